The standard InChI is InChI=1S/C14H12Cl2FN.C13H13FO/c1-9-6-11(15)8-18-14(9)5-3-10-2-4-12(17)7-13(10)16;1-9(15)12-8-11(6-7-13(12)14)10-4-2-3-5-10/h2,4,6-8H,3,5H2,1H3;4,6-8,15H,1-3,5H2. The number of pyridine rings is 1. The van der Waals surface area contributed by atoms with Crippen LogP contribution in [0.5, 0.6) is 0 Å². The summed E-state index contributed by atoms with van der Waals surface area (Å²) in [6.07, 6.45) is 8.56. The van der Waals surface area contributed by atoms with Crippen molar-refractivity contribution in [3.63, 3.8) is 0 Å². The largest absolute Gasteiger partial charge is 0.508 e. The molecule has 0 bridgehead atoms. The van der Waals surface area contributed by atoms with Crippen molar-refractivity contribution in [3.8, 4) is 0 Å². The van der Waals surface area contributed by atoms with Gasteiger partial charge in [-0.15, -0.1) is 0 Å². The highest BCUT2D eigenvalue weighted by molar-refractivity contribution is 6.31. The fourth-order valence-corrected chi connectivity index (χ4v) is 4.16. The maximum Gasteiger partial charge on any atom is 0.134 e. The van der Waals surface area contributed by atoms with Gasteiger partial charge in [-0.25, -0.2) is 8.78 Å². The molecule has 0 unspecified atom stereocenters. The normalized spacial score (nSPS) is 12.7. The molecule has 6 heteroatoms. The van der Waals surface area contributed by atoms with Gasteiger partial charge in [0.25, 0.3) is 0 Å². The molecule has 0 radical (unpaired) electrons. The van der Waals surface area contributed by atoms with E-state index in [-0.39, 0.29) is 17.1 Å². The van der Waals surface area contributed by atoms with Crippen LogP contribution in [0, 0.1) is 18.6 Å². The molecule has 1 heterocycles. The third kappa shape index (κ3) is 6.89. The number of hydrogen-bond donors (Lipinski definition) is 1. The van der Waals surface area contributed by atoms with Crippen molar-refractivity contribution >= 4 is 34.5 Å². The van der Waals surface area contributed by atoms with Gasteiger partial charge in [0.05, 0.1) is 10.6 Å². The average molecular weight is 488 g/mol. The van der Waals surface area contributed by atoms with E-state index < -0.39 is 5.82 Å². The smallest absolute Gasteiger partial charge is 0.134 e. The summed E-state index contributed by atoms with van der Waals surface area (Å²) in [7, 11) is 0. The molecule has 0 amide bonds. The Bertz CT molecular complexity index is 1140. The molecule has 0 saturated carbocycles. The number of aliphatic hydroxyl groups is 1. The zero-order valence-electron chi connectivity index (χ0n) is 18.3. The van der Waals surface area contributed by atoms with Crippen molar-refractivity contribution < 1.29 is 13.9 Å². The van der Waals surface area contributed by atoms with Gasteiger partial charge in [-0.3, -0.25) is 4.98 Å². The van der Waals surface area contributed by atoms with Crippen molar-refractivity contribution in [1.29, 1.82) is 0 Å². The number of halogens is 4. The first-order chi connectivity index (χ1) is 15.7. The quantitative estimate of drug-likeness (QED) is 0.365. The summed E-state index contributed by atoms with van der Waals surface area (Å²) in [6.45, 7) is 5.32. The van der Waals surface area contributed by atoms with Gasteiger partial charge >= 0.3 is 0 Å². The minimum absolute atomic E-state index is 0.195. The number of hydrogen-bond acceptors (Lipinski definition) is 2. The van der Waals surface area contributed by atoms with Gasteiger partial charge in [0.1, 0.15) is 17.4 Å². The third-order valence-corrected chi connectivity index (χ3v) is 6.05. The molecule has 1 aromatic heterocycles. The molecule has 0 saturated heterocycles. The van der Waals surface area contributed by atoms with Crippen LogP contribution in [0.4, 0.5) is 8.78 Å². The van der Waals surface area contributed by atoms with Crippen LogP contribution in [-0.2, 0) is 12.8 Å². The highest BCUT2D eigenvalue weighted by Crippen LogP contribution is 2.29. The lowest BCUT2D eigenvalue weighted by Crippen LogP contribution is -1.98. The van der Waals surface area contributed by atoms with Gasteiger partial charge in [-0.05, 0) is 91.6 Å². The first-order valence-corrected chi connectivity index (χ1v) is 11.4. The molecule has 33 heavy (non-hydrogen) atoms. The highest BCUT2D eigenvalue weighted by Gasteiger charge is 2.11. The Balaban J connectivity index is 0.000000189. The Labute approximate surface area is 203 Å². The zero-order valence-corrected chi connectivity index (χ0v) is 19.9. The summed E-state index contributed by atoms with van der Waals surface area (Å²) in [5.74, 6) is -0.956. The second kappa shape index (κ2) is 11.4. The topological polar surface area (TPSA) is 33.1 Å². The van der Waals surface area contributed by atoms with Crippen LogP contribution in [0.2, 0.25) is 10.0 Å². The van der Waals surface area contributed by atoms with E-state index >= 15 is 0 Å². The predicted octanol–water partition coefficient (Wildman–Crippen LogP) is 8.54. The van der Waals surface area contributed by atoms with E-state index in [0.717, 1.165) is 54.5 Å². The van der Waals surface area contributed by atoms with Gasteiger partial charge in [0, 0.05) is 16.9 Å². The number of aliphatic hydroxyl groups excluding tert-OH is 1. The molecular weight excluding hydrogens is 463 g/mol. The molecular formula is C27H25Cl2F2NO. The highest BCUT2D eigenvalue weighted by atomic mass is 35.5. The second-order valence-electron chi connectivity index (χ2n) is 7.92. The fourth-order valence-electron chi connectivity index (χ4n) is 3.69. The van der Waals surface area contributed by atoms with Crippen LogP contribution in [-0.4, -0.2) is 10.1 Å². The minimum Gasteiger partial charge on any atom is -0.508 e. The maximum atomic E-state index is 13.3. The molecule has 0 spiro atoms. The molecule has 2 aromatic carbocycles. The van der Waals surface area contributed by atoms with Crippen LogP contribution in [0.3, 0.4) is 0 Å². The maximum absolute atomic E-state index is 13.3. The Morgan fingerprint density at radius 3 is 2.52 bits per heavy atom. The molecule has 3 aromatic rings. The molecule has 4 rings (SSSR count). The van der Waals surface area contributed by atoms with Crippen molar-refractivity contribution in [2.45, 2.75) is 39.0 Å². The lowest BCUT2D eigenvalue weighted by Gasteiger charge is -2.07. The van der Waals surface area contributed by atoms with E-state index in [4.69, 9.17) is 23.2 Å². The van der Waals surface area contributed by atoms with Crippen LogP contribution >= 0.6 is 23.2 Å². The van der Waals surface area contributed by atoms with Crippen LogP contribution in [0.1, 0.15) is 47.2 Å². The Morgan fingerprint density at radius 2 is 1.88 bits per heavy atom. The summed E-state index contributed by atoms with van der Waals surface area (Å²) in [5.41, 5.74) is 5.38. The van der Waals surface area contributed by atoms with E-state index in [1.807, 2.05) is 13.0 Å². The summed E-state index contributed by atoms with van der Waals surface area (Å²) < 4.78 is 26.2. The summed E-state index contributed by atoms with van der Waals surface area (Å²) in [6, 6.07) is 11.1. The average Bonchev–Trinajstić information content (AvgIpc) is 3.30. The van der Waals surface area contributed by atoms with Crippen molar-refractivity contribution in [1.82, 2.24) is 4.98 Å². The van der Waals surface area contributed by atoms with Crippen LogP contribution in [0.15, 0.2) is 61.3 Å². The van der Waals surface area contributed by atoms with Gasteiger partial charge in [-0.2, -0.15) is 0 Å². The molecule has 172 valence electrons. The molecule has 1 aliphatic carbocycles. The van der Waals surface area contributed by atoms with Crippen LogP contribution in [0.25, 0.3) is 11.3 Å². The van der Waals surface area contributed by atoms with Crippen molar-refractivity contribution in [2.75, 3.05) is 0 Å². The Morgan fingerprint density at radius 1 is 1.09 bits per heavy atom. The monoisotopic (exact) mass is 487 g/mol. The van der Waals surface area contributed by atoms with E-state index in [2.05, 4.69) is 17.6 Å². The summed E-state index contributed by atoms with van der Waals surface area (Å²) in [5, 5.41) is 10.3. The van der Waals surface area contributed by atoms with Crippen molar-refractivity contribution in [2.24, 2.45) is 0 Å². The molecule has 2 nitrogen and oxygen atoms in total. The number of benzene rings is 2. The number of aryl methyl sites for hydroxylation is 3. The van der Waals surface area contributed by atoms with E-state index in [0.29, 0.717) is 10.0 Å². The summed E-state index contributed by atoms with van der Waals surface area (Å²) in [4.78, 5) is 4.29. The van der Waals surface area contributed by atoms with Gasteiger partial charge in [0.2, 0.25) is 0 Å². The SMILES string of the molecule is C=C(O)c1cc(C2=CCCC2)ccc1F.Cc1cc(Cl)cnc1CCc1ccc(F)cc1Cl. The van der Waals surface area contributed by atoms with E-state index in [9.17, 15) is 13.9 Å². The van der Waals surface area contributed by atoms with Gasteiger partial charge in [-0.1, -0.05) is 48.0 Å². The Hall–Kier alpha value is -2.69. The van der Waals surface area contributed by atoms with E-state index in [1.165, 1.54) is 23.8 Å². The van der Waals surface area contributed by atoms with Gasteiger partial charge < -0.3 is 5.11 Å². The molecule has 0 aliphatic heterocycles. The number of nitrogens with zero attached hydrogens (tertiary/aromatic N) is 1. The van der Waals surface area contributed by atoms with Crippen molar-refractivity contribution in [3.05, 3.63) is 111 Å². The first-order valence-electron chi connectivity index (χ1n) is 10.7. The molecule has 1 aliphatic rings. The zero-order chi connectivity index (χ0) is 24.0. The minimum atomic E-state index is -0.426. The lowest BCUT2D eigenvalue weighted by molar-refractivity contribution is 0.504. The summed E-state index contributed by atoms with van der Waals surface area (Å²) >= 11 is 11.8. The molecule has 1 N–H and O–H groups in total. The molecule has 0 fully saturated rings. The molecule has 0 atom stereocenters. The van der Waals surface area contributed by atoms with Crippen LogP contribution < -0.4 is 0 Å². The second-order valence-corrected chi connectivity index (χ2v) is 8.76. The third-order valence-electron chi connectivity index (χ3n) is 5.49. The van der Waals surface area contributed by atoms with Gasteiger partial charge in [0.15, 0.2) is 0 Å². The fraction of sp³-hybridized carbons (Fsp3) is 0.222. The predicted molar refractivity (Wildman–Crippen MR) is 133 cm³/mol. The number of rotatable bonds is 5. The lowest BCUT2D eigenvalue weighted by atomic mass is 10.0. The Kier molecular flexibility index (Phi) is 8.65. The number of aromatic nitrogens is 1. The van der Waals surface area contributed by atoms with E-state index in [1.54, 1.807) is 24.4 Å². The first kappa shape index (κ1) is 24.9. The number of allylic oxidation sites excluding steroid dienone is 2.